The van der Waals surface area contributed by atoms with Crippen molar-refractivity contribution in [1.82, 2.24) is 4.98 Å². The van der Waals surface area contributed by atoms with Gasteiger partial charge in [0.1, 0.15) is 0 Å². The molecule has 124 valence electrons. The molecule has 3 aromatic rings. The van der Waals surface area contributed by atoms with Crippen LogP contribution in [0.2, 0.25) is 0 Å². The van der Waals surface area contributed by atoms with Gasteiger partial charge in [0.2, 0.25) is 5.91 Å². The second-order valence-corrected chi connectivity index (χ2v) is 5.11. The van der Waals surface area contributed by atoms with Crippen molar-refractivity contribution in [2.45, 2.75) is 12.6 Å². The number of para-hydroxylation sites is 1. The third-order valence-electron chi connectivity index (χ3n) is 3.35. The van der Waals surface area contributed by atoms with E-state index in [1.165, 1.54) is 30.3 Å². The van der Waals surface area contributed by atoms with Crippen molar-refractivity contribution in [1.29, 1.82) is 0 Å². The SMILES string of the molecule is O=C(Cc1ccc2oc(=O)[nH]c2c1)Nc1ccccc1C(F)(F)F. The van der Waals surface area contributed by atoms with Crippen molar-refractivity contribution in [3.05, 3.63) is 64.1 Å². The highest BCUT2D eigenvalue weighted by Gasteiger charge is 2.33. The largest absolute Gasteiger partial charge is 0.418 e. The van der Waals surface area contributed by atoms with Crippen molar-refractivity contribution in [2.75, 3.05) is 5.32 Å². The summed E-state index contributed by atoms with van der Waals surface area (Å²) in [5.41, 5.74) is 0.0786. The molecular formula is C16H11F3N2O3. The van der Waals surface area contributed by atoms with Gasteiger partial charge in [-0.05, 0) is 29.8 Å². The Morgan fingerprint density at radius 3 is 2.67 bits per heavy atom. The van der Waals surface area contributed by atoms with Crippen LogP contribution in [0.4, 0.5) is 18.9 Å². The smallest absolute Gasteiger partial charge is 0.408 e. The van der Waals surface area contributed by atoms with Crippen LogP contribution in [0.25, 0.3) is 11.1 Å². The number of hydrogen-bond acceptors (Lipinski definition) is 3. The van der Waals surface area contributed by atoms with Gasteiger partial charge in [0.05, 0.1) is 23.2 Å². The first-order valence-electron chi connectivity index (χ1n) is 6.91. The topological polar surface area (TPSA) is 75.1 Å². The molecular weight excluding hydrogens is 325 g/mol. The second-order valence-electron chi connectivity index (χ2n) is 5.11. The van der Waals surface area contributed by atoms with Gasteiger partial charge in [-0.2, -0.15) is 13.2 Å². The van der Waals surface area contributed by atoms with E-state index < -0.39 is 23.4 Å². The van der Waals surface area contributed by atoms with Crippen molar-refractivity contribution >= 4 is 22.7 Å². The lowest BCUT2D eigenvalue weighted by atomic mass is 10.1. The van der Waals surface area contributed by atoms with Gasteiger partial charge < -0.3 is 9.73 Å². The predicted molar refractivity (Wildman–Crippen MR) is 80.6 cm³/mol. The molecule has 24 heavy (non-hydrogen) atoms. The Labute approximate surface area is 133 Å². The molecule has 0 aliphatic rings. The highest BCUT2D eigenvalue weighted by molar-refractivity contribution is 5.93. The fourth-order valence-electron chi connectivity index (χ4n) is 2.33. The molecule has 0 aliphatic carbocycles. The highest BCUT2D eigenvalue weighted by atomic mass is 19.4. The zero-order chi connectivity index (χ0) is 17.3. The fourth-order valence-corrected chi connectivity index (χ4v) is 2.33. The van der Waals surface area contributed by atoms with Crippen LogP contribution in [-0.2, 0) is 17.4 Å². The summed E-state index contributed by atoms with van der Waals surface area (Å²) in [6, 6.07) is 9.37. The number of carbonyl (C=O) groups excluding carboxylic acids is 1. The van der Waals surface area contributed by atoms with Crippen molar-refractivity contribution < 1.29 is 22.4 Å². The normalized spacial score (nSPS) is 11.6. The summed E-state index contributed by atoms with van der Waals surface area (Å²) in [5, 5.41) is 2.26. The lowest BCUT2D eigenvalue weighted by Gasteiger charge is -2.13. The number of aromatic amines is 1. The average Bonchev–Trinajstić information content (AvgIpc) is 2.86. The number of amides is 1. The van der Waals surface area contributed by atoms with E-state index in [4.69, 9.17) is 4.42 Å². The lowest BCUT2D eigenvalue weighted by molar-refractivity contribution is -0.137. The number of alkyl halides is 3. The number of nitrogens with one attached hydrogen (secondary N) is 2. The van der Waals surface area contributed by atoms with Crippen LogP contribution in [0.5, 0.6) is 0 Å². The molecule has 5 nitrogen and oxygen atoms in total. The van der Waals surface area contributed by atoms with Crippen LogP contribution >= 0.6 is 0 Å². The Bertz CT molecular complexity index is 957. The number of H-pyrrole nitrogens is 1. The molecule has 2 aromatic carbocycles. The van der Waals surface area contributed by atoms with E-state index >= 15 is 0 Å². The molecule has 8 heteroatoms. The summed E-state index contributed by atoms with van der Waals surface area (Å²) < 4.78 is 43.6. The van der Waals surface area contributed by atoms with E-state index in [9.17, 15) is 22.8 Å². The van der Waals surface area contributed by atoms with Crippen LogP contribution in [0.3, 0.4) is 0 Å². The quantitative estimate of drug-likeness (QED) is 0.770. The van der Waals surface area contributed by atoms with E-state index in [-0.39, 0.29) is 12.1 Å². The maximum absolute atomic E-state index is 12.9. The third-order valence-corrected chi connectivity index (χ3v) is 3.35. The number of hydrogen-bond donors (Lipinski definition) is 2. The molecule has 0 fully saturated rings. The van der Waals surface area contributed by atoms with E-state index in [1.54, 1.807) is 6.07 Å². The van der Waals surface area contributed by atoms with Gasteiger partial charge >= 0.3 is 11.9 Å². The number of fused-ring (bicyclic) bond motifs is 1. The van der Waals surface area contributed by atoms with Gasteiger partial charge in [-0.25, -0.2) is 4.79 Å². The van der Waals surface area contributed by atoms with Gasteiger partial charge in [-0.15, -0.1) is 0 Å². The number of anilines is 1. The molecule has 1 aromatic heterocycles. The van der Waals surface area contributed by atoms with Gasteiger partial charge in [-0.3, -0.25) is 9.78 Å². The maximum Gasteiger partial charge on any atom is 0.418 e. The monoisotopic (exact) mass is 336 g/mol. The molecule has 2 N–H and O–H groups in total. The van der Waals surface area contributed by atoms with Crippen LogP contribution in [0, 0.1) is 0 Å². The first-order chi connectivity index (χ1) is 11.3. The Kier molecular flexibility index (Phi) is 3.88. The minimum Gasteiger partial charge on any atom is -0.408 e. The number of halogens is 3. The highest BCUT2D eigenvalue weighted by Crippen LogP contribution is 2.34. The number of aromatic nitrogens is 1. The van der Waals surface area contributed by atoms with Crippen LogP contribution < -0.4 is 11.1 Å². The average molecular weight is 336 g/mol. The lowest BCUT2D eigenvalue weighted by Crippen LogP contribution is -2.18. The maximum atomic E-state index is 12.9. The zero-order valence-electron chi connectivity index (χ0n) is 12.1. The summed E-state index contributed by atoms with van der Waals surface area (Å²) >= 11 is 0. The summed E-state index contributed by atoms with van der Waals surface area (Å²) in [7, 11) is 0. The van der Waals surface area contributed by atoms with E-state index in [2.05, 4.69) is 10.3 Å². The zero-order valence-corrected chi connectivity index (χ0v) is 12.1. The van der Waals surface area contributed by atoms with Gasteiger partial charge in [0.15, 0.2) is 5.58 Å². The molecule has 1 amide bonds. The summed E-state index contributed by atoms with van der Waals surface area (Å²) in [6.07, 6.45) is -4.70. The molecule has 0 radical (unpaired) electrons. The van der Waals surface area contributed by atoms with Crippen molar-refractivity contribution in [3.8, 4) is 0 Å². The molecule has 0 atom stereocenters. The molecule has 0 bridgehead atoms. The van der Waals surface area contributed by atoms with Gasteiger partial charge in [0, 0.05) is 0 Å². The number of rotatable bonds is 3. The summed E-state index contributed by atoms with van der Waals surface area (Å²) in [5.74, 6) is -1.22. The number of carbonyl (C=O) groups is 1. The first kappa shape index (κ1) is 15.9. The van der Waals surface area contributed by atoms with E-state index in [0.29, 0.717) is 16.7 Å². The Balaban J connectivity index is 1.79. The van der Waals surface area contributed by atoms with E-state index in [1.807, 2.05) is 0 Å². The summed E-state index contributed by atoms with van der Waals surface area (Å²) in [6.45, 7) is 0. The van der Waals surface area contributed by atoms with Crippen LogP contribution in [-0.4, -0.2) is 10.9 Å². The molecule has 1 heterocycles. The number of benzene rings is 2. The Morgan fingerprint density at radius 1 is 1.17 bits per heavy atom. The van der Waals surface area contributed by atoms with E-state index in [0.717, 1.165) is 6.07 Å². The van der Waals surface area contributed by atoms with Crippen LogP contribution in [0.15, 0.2) is 51.7 Å². The predicted octanol–water partition coefficient (Wildman–Crippen LogP) is 3.32. The molecule has 0 aliphatic heterocycles. The molecule has 0 unspecified atom stereocenters. The van der Waals surface area contributed by atoms with Crippen LogP contribution in [0.1, 0.15) is 11.1 Å². The van der Waals surface area contributed by atoms with Crippen molar-refractivity contribution in [2.24, 2.45) is 0 Å². The minimum atomic E-state index is -4.56. The Hall–Kier alpha value is -3.03. The van der Waals surface area contributed by atoms with Gasteiger partial charge in [0.25, 0.3) is 0 Å². The molecule has 0 saturated carbocycles. The number of oxazole rings is 1. The standard InChI is InChI=1S/C16H11F3N2O3/c17-16(18,19)10-3-1-2-4-11(10)20-14(22)8-9-5-6-13-12(7-9)21-15(23)24-13/h1-7H,8H2,(H,20,22)(H,21,23). The Morgan fingerprint density at radius 2 is 1.92 bits per heavy atom. The fraction of sp³-hybridized carbons (Fsp3) is 0.125. The summed E-state index contributed by atoms with van der Waals surface area (Å²) in [4.78, 5) is 25.6. The second kappa shape index (κ2) is 5.88. The minimum absolute atomic E-state index is 0.144. The third kappa shape index (κ3) is 3.32. The molecule has 0 spiro atoms. The van der Waals surface area contributed by atoms with Crippen molar-refractivity contribution in [3.63, 3.8) is 0 Å². The molecule has 0 saturated heterocycles. The first-order valence-corrected chi connectivity index (χ1v) is 6.91. The molecule has 3 rings (SSSR count). The van der Waals surface area contributed by atoms with Gasteiger partial charge in [-0.1, -0.05) is 18.2 Å².